The Hall–Kier alpha value is -2.82. The van der Waals surface area contributed by atoms with Gasteiger partial charge in [-0.1, -0.05) is 24.3 Å². The van der Waals surface area contributed by atoms with Gasteiger partial charge in [0.1, 0.15) is 66.1 Å². The number of aromatic hydroxyl groups is 1. The monoisotopic (exact) mass is 552 g/mol. The van der Waals surface area contributed by atoms with Crippen molar-refractivity contribution >= 4 is 12.2 Å². The first kappa shape index (κ1) is 29.2. The van der Waals surface area contributed by atoms with Crippen molar-refractivity contribution in [1.29, 1.82) is 0 Å². The smallest absolute Gasteiger partial charge is 0.229 e. The Morgan fingerprint density at radius 1 is 0.590 bits per heavy atom. The van der Waals surface area contributed by atoms with Gasteiger partial charge in [0.25, 0.3) is 0 Å². The molecule has 2 aliphatic heterocycles. The number of phenolic OH excluding ortho intramolecular Hbond substituents is 1. The van der Waals surface area contributed by atoms with E-state index in [1.54, 1.807) is 36.4 Å². The summed E-state index contributed by atoms with van der Waals surface area (Å²) in [7, 11) is 0. The summed E-state index contributed by atoms with van der Waals surface area (Å²) in [6, 6.07) is 10.8. The fraction of sp³-hybridized carbons (Fsp3) is 0.462. The first-order valence-corrected chi connectivity index (χ1v) is 12.2. The summed E-state index contributed by atoms with van der Waals surface area (Å²) >= 11 is 0. The third kappa shape index (κ3) is 6.67. The van der Waals surface area contributed by atoms with Gasteiger partial charge in [-0.3, -0.25) is 0 Å². The number of phenols is 1. The van der Waals surface area contributed by atoms with Crippen LogP contribution in [0.15, 0.2) is 42.5 Å². The van der Waals surface area contributed by atoms with Crippen LogP contribution in [-0.2, 0) is 9.47 Å². The average Bonchev–Trinajstić information content (AvgIpc) is 2.93. The third-order valence-corrected chi connectivity index (χ3v) is 6.46. The van der Waals surface area contributed by atoms with Crippen molar-refractivity contribution in [3.8, 4) is 17.2 Å². The summed E-state index contributed by atoms with van der Waals surface area (Å²) in [6.45, 7) is -1.18. The van der Waals surface area contributed by atoms with E-state index < -0.39 is 74.6 Å². The third-order valence-electron chi connectivity index (χ3n) is 6.46. The lowest BCUT2D eigenvalue weighted by Gasteiger charge is -2.39. The molecule has 2 heterocycles. The van der Waals surface area contributed by atoms with Gasteiger partial charge in [-0.05, 0) is 35.4 Å². The van der Waals surface area contributed by atoms with E-state index in [4.69, 9.17) is 18.9 Å². The van der Waals surface area contributed by atoms with Gasteiger partial charge in [0.2, 0.25) is 12.6 Å². The number of rotatable bonds is 8. The molecule has 13 nitrogen and oxygen atoms in total. The lowest BCUT2D eigenvalue weighted by atomic mass is 9.99. The van der Waals surface area contributed by atoms with E-state index in [1.165, 1.54) is 18.2 Å². The summed E-state index contributed by atoms with van der Waals surface area (Å²) in [4.78, 5) is 0. The van der Waals surface area contributed by atoms with Gasteiger partial charge in [-0.25, -0.2) is 0 Å². The van der Waals surface area contributed by atoms with E-state index in [2.05, 4.69) is 0 Å². The van der Waals surface area contributed by atoms with Crippen LogP contribution >= 0.6 is 0 Å². The van der Waals surface area contributed by atoms with Crippen LogP contribution in [-0.4, -0.2) is 121 Å². The molecule has 0 unspecified atom stereocenters. The highest BCUT2D eigenvalue weighted by molar-refractivity contribution is 5.71. The van der Waals surface area contributed by atoms with Crippen LogP contribution in [0.25, 0.3) is 12.2 Å². The number of hydrogen-bond donors (Lipinski definition) is 9. The normalized spacial score (nSPS) is 35.2. The van der Waals surface area contributed by atoms with E-state index >= 15 is 0 Å². The molecule has 2 aromatic rings. The van der Waals surface area contributed by atoms with E-state index in [0.29, 0.717) is 11.3 Å². The molecular weight excluding hydrogens is 520 g/mol. The Morgan fingerprint density at radius 3 is 1.59 bits per heavy atom. The standard InChI is InChI=1S/C26H32O13/c27-10-17-19(30)21(32)23(34)25(38-17)36-15-5-3-12(4-6-15)1-2-13-7-14(29)9-16(8-13)37-26-24(35)22(33)20(31)18(11-28)39-26/h1-9,17-35H,10-11H2/t17-,18-,19-,20-,21+,22+,23-,24-,25-,26-/m1/s1. The van der Waals surface area contributed by atoms with E-state index in [-0.39, 0.29) is 11.5 Å². The minimum atomic E-state index is -1.61. The zero-order chi connectivity index (χ0) is 28.3. The molecular formula is C26H32O13. The van der Waals surface area contributed by atoms with E-state index in [1.807, 2.05) is 0 Å². The maximum Gasteiger partial charge on any atom is 0.229 e. The van der Waals surface area contributed by atoms with Gasteiger partial charge in [0.15, 0.2) is 0 Å². The molecule has 0 aromatic heterocycles. The summed E-state index contributed by atoms with van der Waals surface area (Å²) in [5, 5.41) is 88.7. The second kappa shape index (κ2) is 12.6. The highest BCUT2D eigenvalue weighted by atomic mass is 16.7. The number of benzene rings is 2. The molecule has 2 fully saturated rings. The minimum absolute atomic E-state index is 0.0993. The molecule has 2 saturated heterocycles. The molecule has 39 heavy (non-hydrogen) atoms. The quantitative estimate of drug-likeness (QED) is 0.161. The Morgan fingerprint density at radius 2 is 1.08 bits per heavy atom. The molecule has 0 amide bonds. The lowest BCUT2D eigenvalue weighted by Crippen LogP contribution is -2.60. The number of hydrogen-bond acceptors (Lipinski definition) is 13. The minimum Gasteiger partial charge on any atom is -0.508 e. The Balaban J connectivity index is 1.40. The molecule has 214 valence electrons. The molecule has 0 spiro atoms. The summed E-state index contributed by atoms with van der Waals surface area (Å²) in [6.07, 6.45) is -10.9. The highest BCUT2D eigenvalue weighted by Gasteiger charge is 2.45. The van der Waals surface area contributed by atoms with Gasteiger partial charge >= 0.3 is 0 Å². The van der Waals surface area contributed by atoms with Crippen molar-refractivity contribution < 1.29 is 64.9 Å². The maximum atomic E-state index is 10.2. The molecule has 2 aliphatic rings. The summed E-state index contributed by atoms with van der Waals surface area (Å²) in [5.74, 6) is 0.242. The Kier molecular flexibility index (Phi) is 9.40. The van der Waals surface area contributed by atoms with Crippen LogP contribution in [0.4, 0.5) is 0 Å². The van der Waals surface area contributed by atoms with Crippen LogP contribution in [0.1, 0.15) is 11.1 Å². The molecule has 9 N–H and O–H groups in total. The van der Waals surface area contributed by atoms with E-state index in [9.17, 15) is 46.0 Å². The first-order valence-electron chi connectivity index (χ1n) is 12.2. The SMILES string of the molecule is OC[C@H]1O[C@@H](Oc2ccc(C=Cc3cc(O)cc(O[C@@H]4O[C@H](CO)[C@@H](O)[C@H](O)[C@H]4O)c3)cc2)[C@H](O)[C@@H](O)[C@@H]1O. The second-order valence-electron chi connectivity index (χ2n) is 9.29. The van der Waals surface area contributed by atoms with E-state index in [0.717, 1.165) is 5.56 Å². The fourth-order valence-corrected chi connectivity index (χ4v) is 4.22. The van der Waals surface area contributed by atoms with Crippen LogP contribution < -0.4 is 9.47 Å². The topological polar surface area (TPSA) is 219 Å². The van der Waals surface area contributed by atoms with Gasteiger partial charge in [0, 0.05) is 6.07 Å². The van der Waals surface area contributed by atoms with Crippen molar-refractivity contribution in [3.63, 3.8) is 0 Å². The van der Waals surface area contributed by atoms with Gasteiger partial charge in [-0.2, -0.15) is 0 Å². The molecule has 2 aromatic carbocycles. The Bertz CT molecular complexity index is 1110. The van der Waals surface area contributed by atoms with Crippen LogP contribution in [0, 0.1) is 0 Å². The molecule has 10 atom stereocenters. The number of aliphatic hydroxyl groups is 8. The maximum absolute atomic E-state index is 10.2. The molecule has 13 heteroatoms. The highest BCUT2D eigenvalue weighted by Crippen LogP contribution is 2.29. The van der Waals surface area contributed by atoms with Crippen LogP contribution in [0.2, 0.25) is 0 Å². The summed E-state index contributed by atoms with van der Waals surface area (Å²) < 4.78 is 21.8. The predicted octanol–water partition coefficient (Wildman–Crippen LogP) is -2.08. The summed E-state index contributed by atoms with van der Waals surface area (Å²) in [5.41, 5.74) is 1.23. The zero-order valence-corrected chi connectivity index (χ0v) is 20.5. The van der Waals surface area contributed by atoms with Crippen LogP contribution in [0.3, 0.4) is 0 Å². The molecule has 0 radical (unpaired) electrons. The van der Waals surface area contributed by atoms with Crippen molar-refractivity contribution in [1.82, 2.24) is 0 Å². The second-order valence-corrected chi connectivity index (χ2v) is 9.29. The number of aliphatic hydroxyl groups excluding tert-OH is 8. The van der Waals surface area contributed by atoms with Crippen molar-refractivity contribution in [2.75, 3.05) is 13.2 Å². The van der Waals surface area contributed by atoms with Crippen molar-refractivity contribution in [2.24, 2.45) is 0 Å². The lowest BCUT2D eigenvalue weighted by molar-refractivity contribution is -0.277. The van der Waals surface area contributed by atoms with Crippen LogP contribution in [0.5, 0.6) is 17.2 Å². The molecule has 0 aliphatic carbocycles. The van der Waals surface area contributed by atoms with Gasteiger partial charge in [-0.15, -0.1) is 0 Å². The van der Waals surface area contributed by atoms with Crippen molar-refractivity contribution in [2.45, 2.75) is 61.4 Å². The number of ether oxygens (including phenoxy) is 4. The van der Waals surface area contributed by atoms with Crippen molar-refractivity contribution in [3.05, 3.63) is 53.6 Å². The fourth-order valence-electron chi connectivity index (χ4n) is 4.22. The van der Waals surface area contributed by atoms with Gasteiger partial charge < -0.3 is 64.9 Å². The molecule has 0 saturated carbocycles. The Labute approximate surface area is 222 Å². The first-order chi connectivity index (χ1) is 18.6. The zero-order valence-electron chi connectivity index (χ0n) is 20.5. The van der Waals surface area contributed by atoms with Gasteiger partial charge in [0.05, 0.1) is 13.2 Å². The molecule has 0 bridgehead atoms. The average molecular weight is 553 g/mol. The largest absolute Gasteiger partial charge is 0.508 e. The molecule has 4 rings (SSSR count). The predicted molar refractivity (Wildman–Crippen MR) is 132 cm³/mol.